The Bertz CT molecular complexity index is 369. The average Bonchev–Trinajstić information content (AvgIpc) is 2.24. The molecule has 0 radical (unpaired) electrons. The Morgan fingerprint density at radius 3 is 2.59 bits per heavy atom. The van der Waals surface area contributed by atoms with Gasteiger partial charge in [-0.25, -0.2) is 4.39 Å². The van der Waals surface area contributed by atoms with Crippen LogP contribution in [0.15, 0.2) is 12.1 Å². The van der Waals surface area contributed by atoms with Crippen molar-refractivity contribution in [2.75, 3.05) is 6.54 Å². The lowest BCUT2D eigenvalue weighted by atomic mass is 10.0. The second-order valence-electron chi connectivity index (χ2n) is 3.83. The van der Waals surface area contributed by atoms with E-state index in [0.29, 0.717) is 24.1 Å². The number of hydrogen-bond donors (Lipinski definition) is 1. The second kappa shape index (κ2) is 6.49. The van der Waals surface area contributed by atoms with Gasteiger partial charge in [0.15, 0.2) is 0 Å². The summed E-state index contributed by atoms with van der Waals surface area (Å²) in [5, 5.41) is 0. The van der Waals surface area contributed by atoms with Crippen molar-refractivity contribution in [2.45, 2.75) is 32.8 Å². The van der Waals surface area contributed by atoms with Gasteiger partial charge in [-0.15, -0.1) is 0 Å². The molecule has 0 spiro atoms. The van der Waals surface area contributed by atoms with Crippen LogP contribution in [-0.4, -0.2) is 13.2 Å². The Morgan fingerprint density at radius 1 is 1.29 bits per heavy atom. The summed E-state index contributed by atoms with van der Waals surface area (Å²) in [6, 6.07) is 2.56. The van der Waals surface area contributed by atoms with Crippen LogP contribution in [0.25, 0.3) is 0 Å². The van der Waals surface area contributed by atoms with Crippen LogP contribution in [-0.2, 0) is 6.42 Å². The third-order valence-electron chi connectivity index (χ3n) is 2.46. The van der Waals surface area contributed by atoms with Crippen molar-refractivity contribution in [3.8, 4) is 5.75 Å². The Morgan fingerprint density at radius 2 is 2.00 bits per heavy atom. The molecule has 17 heavy (non-hydrogen) atoms. The molecule has 5 heteroatoms. The van der Waals surface area contributed by atoms with Gasteiger partial charge < -0.3 is 10.5 Å². The van der Waals surface area contributed by atoms with Crippen LogP contribution < -0.4 is 10.5 Å². The largest absolute Gasteiger partial charge is 0.434 e. The van der Waals surface area contributed by atoms with Gasteiger partial charge in [0, 0.05) is 6.07 Å². The van der Waals surface area contributed by atoms with Gasteiger partial charge >= 0.3 is 6.61 Å². The van der Waals surface area contributed by atoms with E-state index in [0.717, 1.165) is 18.9 Å². The molecular formula is C12H16F3NO. The highest BCUT2D eigenvalue weighted by atomic mass is 19.3. The van der Waals surface area contributed by atoms with E-state index in [1.54, 1.807) is 13.0 Å². The average molecular weight is 247 g/mol. The number of halogens is 3. The third kappa shape index (κ3) is 4.26. The van der Waals surface area contributed by atoms with Crippen LogP contribution in [0.2, 0.25) is 0 Å². The van der Waals surface area contributed by atoms with E-state index in [1.165, 1.54) is 0 Å². The van der Waals surface area contributed by atoms with Crippen molar-refractivity contribution in [1.29, 1.82) is 0 Å². The van der Waals surface area contributed by atoms with E-state index in [9.17, 15) is 13.2 Å². The molecule has 0 aliphatic carbocycles. The summed E-state index contributed by atoms with van der Waals surface area (Å²) in [4.78, 5) is 0. The maximum Gasteiger partial charge on any atom is 0.387 e. The Labute approximate surface area is 98.6 Å². The molecule has 0 saturated heterocycles. The molecule has 1 aromatic rings. The van der Waals surface area contributed by atoms with Crippen LogP contribution in [0, 0.1) is 12.7 Å². The van der Waals surface area contributed by atoms with E-state index in [2.05, 4.69) is 4.74 Å². The summed E-state index contributed by atoms with van der Waals surface area (Å²) in [5.41, 5.74) is 6.37. The Balaban J connectivity index is 2.86. The molecule has 0 fully saturated rings. The first-order valence-corrected chi connectivity index (χ1v) is 5.48. The van der Waals surface area contributed by atoms with Gasteiger partial charge in [0.05, 0.1) is 0 Å². The quantitative estimate of drug-likeness (QED) is 0.784. The minimum absolute atomic E-state index is 0.0832. The maximum absolute atomic E-state index is 13.3. The van der Waals surface area contributed by atoms with Gasteiger partial charge in [-0.2, -0.15) is 8.78 Å². The summed E-state index contributed by atoms with van der Waals surface area (Å²) in [7, 11) is 0. The predicted molar refractivity (Wildman–Crippen MR) is 59.8 cm³/mol. The SMILES string of the molecule is Cc1cc(CCCCN)c(OC(F)F)cc1F. The molecule has 0 bridgehead atoms. The zero-order chi connectivity index (χ0) is 12.8. The van der Waals surface area contributed by atoms with Gasteiger partial charge in [-0.3, -0.25) is 0 Å². The molecule has 0 aliphatic heterocycles. The fraction of sp³-hybridized carbons (Fsp3) is 0.500. The van der Waals surface area contributed by atoms with Crippen molar-refractivity contribution in [2.24, 2.45) is 5.73 Å². The number of unbranched alkanes of at least 4 members (excludes halogenated alkanes) is 1. The minimum Gasteiger partial charge on any atom is -0.434 e. The zero-order valence-corrected chi connectivity index (χ0v) is 9.68. The van der Waals surface area contributed by atoms with Crippen LogP contribution in [0.3, 0.4) is 0 Å². The summed E-state index contributed by atoms with van der Waals surface area (Å²) in [6.07, 6.45) is 2.12. The highest BCUT2D eigenvalue weighted by Crippen LogP contribution is 2.26. The van der Waals surface area contributed by atoms with E-state index >= 15 is 0 Å². The molecule has 0 unspecified atom stereocenters. The molecular weight excluding hydrogens is 231 g/mol. The second-order valence-corrected chi connectivity index (χ2v) is 3.83. The lowest BCUT2D eigenvalue weighted by Gasteiger charge is -2.12. The zero-order valence-electron chi connectivity index (χ0n) is 9.68. The van der Waals surface area contributed by atoms with E-state index in [1.807, 2.05) is 0 Å². The summed E-state index contributed by atoms with van der Waals surface area (Å²) >= 11 is 0. The van der Waals surface area contributed by atoms with Crippen LogP contribution in [0.5, 0.6) is 5.75 Å². The molecule has 0 aromatic heterocycles. The van der Waals surface area contributed by atoms with Crippen molar-refractivity contribution in [1.82, 2.24) is 0 Å². The number of ether oxygens (including phenoxy) is 1. The Kier molecular flexibility index (Phi) is 5.28. The highest BCUT2D eigenvalue weighted by Gasteiger charge is 2.12. The number of alkyl halides is 2. The van der Waals surface area contributed by atoms with E-state index < -0.39 is 12.4 Å². The van der Waals surface area contributed by atoms with Gasteiger partial charge in [0.25, 0.3) is 0 Å². The van der Waals surface area contributed by atoms with Gasteiger partial charge in [-0.1, -0.05) is 0 Å². The first-order valence-electron chi connectivity index (χ1n) is 5.48. The third-order valence-corrected chi connectivity index (χ3v) is 2.46. The Hall–Kier alpha value is -1.23. The van der Waals surface area contributed by atoms with Gasteiger partial charge in [-0.05, 0) is 49.9 Å². The number of nitrogens with two attached hydrogens (primary N) is 1. The van der Waals surface area contributed by atoms with Crippen molar-refractivity contribution < 1.29 is 17.9 Å². The van der Waals surface area contributed by atoms with Crippen molar-refractivity contribution >= 4 is 0 Å². The van der Waals surface area contributed by atoms with Crippen LogP contribution in [0.4, 0.5) is 13.2 Å². The molecule has 1 aromatic carbocycles. The molecule has 0 atom stereocenters. The molecule has 0 heterocycles. The fourth-order valence-corrected chi connectivity index (χ4v) is 1.58. The highest BCUT2D eigenvalue weighted by molar-refractivity contribution is 5.38. The van der Waals surface area contributed by atoms with E-state index in [-0.39, 0.29) is 5.75 Å². The molecule has 2 N–H and O–H groups in total. The standard InChI is InChI=1S/C12H16F3NO/c1-8-6-9(4-2-3-5-16)11(7-10(8)13)17-12(14)15/h6-7,12H,2-5,16H2,1H3. The molecule has 96 valence electrons. The van der Waals surface area contributed by atoms with Crippen molar-refractivity contribution in [3.05, 3.63) is 29.1 Å². The minimum atomic E-state index is -2.94. The van der Waals surface area contributed by atoms with Gasteiger partial charge in [0.1, 0.15) is 11.6 Å². The summed E-state index contributed by atoms with van der Waals surface area (Å²) in [6.45, 7) is -0.801. The predicted octanol–water partition coefficient (Wildman–Crippen LogP) is 3.02. The number of benzene rings is 1. The van der Waals surface area contributed by atoms with Crippen molar-refractivity contribution in [3.63, 3.8) is 0 Å². The monoisotopic (exact) mass is 247 g/mol. The van der Waals surface area contributed by atoms with Crippen LogP contribution in [0.1, 0.15) is 24.0 Å². The number of hydrogen-bond acceptors (Lipinski definition) is 2. The number of rotatable bonds is 6. The summed E-state index contributed by atoms with van der Waals surface area (Å²) < 4.78 is 41.9. The molecule has 0 amide bonds. The lowest BCUT2D eigenvalue weighted by Crippen LogP contribution is -2.06. The fourth-order valence-electron chi connectivity index (χ4n) is 1.58. The maximum atomic E-state index is 13.3. The molecule has 1 rings (SSSR count). The normalized spacial score (nSPS) is 10.9. The first-order chi connectivity index (χ1) is 8.04. The molecule has 0 aliphatic rings. The van der Waals surface area contributed by atoms with E-state index in [4.69, 9.17) is 5.73 Å². The smallest absolute Gasteiger partial charge is 0.387 e. The lowest BCUT2D eigenvalue weighted by molar-refractivity contribution is -0.0506. The summed E-state index contributed by atoms with van der Waals surface area (Å²) in [5.74, 6) is -0.622. The number of aryl methyl sites for hydroxylation is 2. The van der Waals surface area contributed by atoms with Crippen LogP contribution >= 0.6 is 0 Å². The molecule has 2 nitrogen and oxygen atoms in total. The topological polar surface area (TPSA) is 35.2 Å². The molecule has 0 saturated carbocycles. The first kappa shape index (κ1) is 13.8. The van der Waals surface area contributed by atoms with Gasteiger partial charge in [0.2, 0.25) is 0 Å².